The number of nitrogens with zero attached hydrogens (tertiary/aromatic N) is 1. The monoisotopic (exact) mass is 344 g/mol. The Morgan fingerprint density at radius 2 is 2.21 bits per heavy atom. The Balaban J connectivity index is 2.59. The molecule has 6 heteroatoms. The van der Waals surface area contributed by atoms with Gasteiger partial charge in [-0.25, -0.2) is 9.37 Å². The molecule has 0 aliphatic heterocycles. The molecule has 0 saturated carbocycles. The van der Waals surface area contributed by atoms with Crippen LogP contribution in [-0.2, 0) is 6.42 Å². The number of halogens is 3. The van der Waals surface area contributed by atoms with Crippen LogP contribution in [0, 0.1) is 5.82 Å². The van der Waals surface area contributed by atoms with Gasteiger partial charge in [0.05, 0.1) is 10.7 Å². The van der Waals surface area contributed by atoms with E-state index in [1.807, 2.05) is 6.92 Å². The standard InChI is InChI=1S/C13H11BrClFN2O/c1-2-3-10-11(14)13(19)18-12(17-10)8-5-4-7(16)6-9(8)15/h4-6H,2-3H2,1H3,(H,17,18,19). The molecule has 0 amide bonds. The van der Waals surface area contributed by atoms with Crippen LogP contribution in [0.5, 0.6) is 0 Å². The third-order valence-corrected chi connectivity index (χ3v) is 3.73. The van der Waals surface area contributed by atoms with Crippen molar-refractivity contribution in [1.82, 2.24) is 9.97 Å². The molecular weight excluding hydrogens is 335 g/mol. The second-order valence-corrected chi connectivity index (χ2v) is 5.25. The second kappa shape index (κ2) is 5.84. The zero-order valence-electron chi connectivity index (χ0n) is 10.1. The fourth-order valence-electron chi connectivity index (χ4n) is 1.72. The minimum atomic E-state index is -0.429. The van der Waals surface area contributed by atoms with Crippen molar-refractivity contribution in [2.45, 2.75) is 19.8 Å². The fourth-order valence-corrected chi connectivity index (χ4v) is 2.36. The van der Waals surface area contributed by atoms with Crippen molar-refractivity contribution in [3.8, 4) is 11.4 Å². The van der Waals surface area contributed by atoms with Crippen molar-refractivity contribution in [3.63, 3.8) is 0 Å². The van der Waals surface area contributed by atoms with Crippen LogP contribution in [0.3, 0.4) is 0 Å². The van der Waals surface area contributed by atoms with E-state index in [0.29, 0.717) is 28.0 Å². The summed E-state index contributed by atoms with van der Waals surface area (Å²) in [5.41, 5.74) is 0.903. The Hall–Kier alpha value is -1.20. The van der Waals surface area contributed by atoms with Crippen molar-refractivity contribution in [1.29, 1.82) is 0 Å². The van der Waals surface area contributed by atoms with Crippen LogP contribution in [-0.4, -0.2) is 9.97 Å². The van der Waals surface area contributed by atoms with Crippen LogP contribution in [0.25, 0.3) is 11.4 Å². The highest BCUT2D eigenvalue weighted by Crippen LogP contribution is 2.26. The smallest absolute Gasteiger partial charge is 0.265 e. The van der Waals surface area contributed by atoms with Crippen LogP contribution in [0.2, 0.25) is 5.02 Å². The highest BCUT2D eigenvalue weighted by Gasteiger charge is 2.12. The molecule has 0 bridgehead atoms. The van der Waals surface area contributed by atoms with Gasteiger partial charge in [-0.2, -0.15) is 0 Å². The second-order valence-electron chi connectivity index (χ2n) is 4.05. The summed E-state index contributed by atoms with van der Waals surface area (Å²) in [6.45, 7) is 2.00. The molecule has 0 atom stereocenters. The van der Waals surface area contributed by atoms with E-state index < -0.39 is 5.82 Å². The maximum atomic E-state index is 13.0. The zero-order chi connectivity index (χ0) is 14.0. The minimum absolute atomic E-state index is 0.216. The van der Waals surface area contributed by atoms with Gasteiger partial charge in [0, 0.05) is 5.56 Å². The molecule has 1 N–H and O–H groups in total. The van der Waals surface area contributed by atoms with Crippen molar-refractivity contribution in [3.05, 3.63) is 49.6 Å². The van der Waals surface area contributed by atoms with Crippen molar-refractivity contribution < 1.29 is 4.39 Å². The Morgan fingerprint density at radius 3 is 2.84 bits per heavy atom. The lowest BCUT2D eigenvalue weighted by Crippen LogP contribution is -2.13. The van der Waals surface area contributed by atoms with Crippen molar-refractivity contribution >= 4 is 27.5 Å². The number of benzene rings is 1. The molecule has 0 spiro atoms. The summed E-state index contributed by atoms with van der Waals surface area (Å²) in [6, 6.07) is 3.97. The first kappa shape index (κ1) is 14.2. The SMILES string of the molecule is CCCc1nc(-c2ccc(F)cc2Cl)[nH]c(=O)c1Br. The van der Waals surface area contributed by atoms with Crippen molar-refractivity contribution in [2.24, 2.45) is 0 Å². The van der Waals surface area contributed by atoms with Gasteiger partial charge in [-0.05, 0) is 40.5 Å². The lowest BCUT2D eigenvalue weighted by Gasteiger charge is -2.07. The molecule has 2 aromatic rings. The first-order valence-corrected chi connectivity index (χ1v) is 6.94. The number of aryl methyl sites for hydroxylation is 1. The van der Waals surface area contributed by atoms with Crippen molar-refractivity contribution in [2.75, 3.05) is 0 Å². The molecule has 100 valence electrons. The average Bonchev–Trinajstić information content (AvgIpc) is 2.35. The van der Waals surface area contributed by atoms with Gasteiger partial charge in [0.1, 0.15) is 16.1 Å². The molecule has 1 heterocycles. The predicted octanol–water partition coefficient (Wildman–Crippen LogP) is 3.94. The first-order valence-electron chi connectivity index (χ1n) is 5.77. The van der Waals surface area contributed by atoms with E-state index in [1.54, 1.807) is 0 Å². The van der Waals surface area contributed by atoms with Gasteiger partial charge in [0.25, 0.3) is 5.56 Å². The summed E-state index contributed by atoms with van der Waals surface area (Å²) in [5.74, 6) is -0.0800. The third-order valence-electron chi connectivity index (χ3n) is 2.60. The van der Waals surface area contributed by atoms with Gasteiger partial charge in [-0.1, -0.05) is 24.9 Å². The number of hydrogen-bond donors (Lipinski definition) is 1. The Labute approximate surface area is 123 Å². The van der Waals surface area contributed by atoms with E-state index >= 15 is 0 Å². The average molecular weight is 346 g/mol. The third kappa shape index (κ3) is 3.04. The number of nitrogens with one attached hydrogen (secondary N) is 1. The molecule has 19 heavy (non-hydrogen) atoms. The summed E-state index contributed by atoms with van der Waals surface area (Å²) >= 11 is 9.19. The number of rotatable bonds is 3. The minimum Gasteiger partial charge on any atom is -0.305 e. The van der Waals surface area contributed by atoms with Gasteiger partial charge >= 0.3 is 0 Å². The highest BCUT2D eigenvalue weighted by molar-refractivity contribution is 9.10. The number of aromatic amines is 1. The summed E-state index contributed by atoms with van der Waals surface area (Å²) in [7, 11) is 0. The number of H-pyrrole nitrogens is 1. The van der Waals surface area contributed by atoms with E-state index in [-0.39, 0.29) is 10.6 Å². The van der Waals surface area contributed by atoms with Gasteiger partial charge in [-0.3, -0.25) is 4.79 Å². The Kier molecular flexibility index (Phi) is 4.37. The maximum absolute atomic E-state index is 13.0. The molecule has 2 rings (SSSR count). The molecule has 0 fully saturated rings. The lowest BCUT2D eigenvalue weighted by molar-refractivity contribution is 0.628. The molecule has 1 aromatic heterocycles. The van der Waals surface area contributed by atoms with E-state index in [0.717, 1.165) is 6.42 Å². The predicted molar refractivity (Wildman–Crippen MR) is 77.0 cm³/mol. The summed E-state index contributed by atoms with van der Waals surface area (Å²) in [5, 5.41) is 0.216. The molecule has 3 nitrogen and oxygen atoms in total. The normalized spacial score (nSPS) is 10.7. The topological polar surface area (TPSA) is 45.8 Å². The maximum Gasteiger partial charge on any atom is 0.265 e. The number of hydrogen-bond acceptors (Lipinski definition) is 2. The van der Waals surface area contributed by atoms with Crippen LogP contribution >= 0.6 is 27.5 Å². The first-order chi connectivity index (χ1) is 9.02. The van der Waals surface area contributed by atoms with Gasteiger partial charge in [0.15, 0.2) is 0 Å². The molecule has 0 unspecified atom stereocenters. The highest BCUT2D eigenvalue weighted by atomic mass is 79.9. The Morgan fingerprint density at radius 1 is 1.47 bits per heavy atom. The summed E-state index contributed by atoms with van der Waals surface area (Å²) < 4.78 is 13.4. The van der Waals surface area contributed by atoms with E-state index in [9.17, 15) is 9.18 Å². The van der Waals surface area contributed by atoms with Crippen LogP contribution in [0.4, 0.5) is 4.39 Å². The molecule has 0 radical (unpaired) electrons. The molecular formula is C13H11BrClFN2O. The molecule has 1 aromatic carbocycles. The quantitative estimate of drug-likeness (QED) is 0.915. The lowest BCUT2D eigenvalue weighted by atomic mass is 10.2. The largest absolute Gasteiger partial charge is 0.305 e. The van der Waals surface area contributed by atoms with Crippen LogP contribution < -0.4 is 5.56 Å². The number of aromatic nitrogens is 2. The zero-order valence-corrected chi connectivity index (χ0v) is 12.5. The van der Waals surface area contributed by atoms with Crippen LogP contribution in [0.15, 0.2) is 27.5 Å². The Bertz CT molecular complexity index is 672. The molecule has 0 aliphatic rings. The van der Waals surface area contributed by atoms with E-state index in [2.05, 4.69) is 25.9 Å². The van der Waals surface area contributed by atoms with Gasteiger partial charge in [0.2, 0.25) is 0 Å². The van der Waals surface area contributed by atoms with Crippen LogP contribution in [0.1, 0.15) is 19.0 Å². The summed E-state index contributed by atoms with van der Waals surface area (Å²) in [4.78, 5) is 18.8. The molecule has 0 saturated heterocycles. The van der Waals surface area contributed by atoms with E-state index in [4.69, 9.17) is 11.6 Å². The fraction of sp³-hybridized carbons (Fsp3) is 0.231. The molecule has 0 aliphatic carbocycles. The summed E-state index contributed by atoms with van der Waals surface area (Å²) in [6.07, 6.45) is 1.54. The van der Waals surface area contributed by atoms with Gasteiger partial charge < -0.3 is 4.98 Å². The van der Waals surface area contributed by atoms with E-state index in [1.165, 1.54) is 18.2 Å². The van der Waals surface area contributed by atoms with Gasteiger partial charge in [-0.15, -0.1) is 0 Å².